The SMILES string of the molecule is O=C(O)C1CN(C(=O)C2(c3ccccc3F)CCCC2)CCO1. The molecule has 0 aromatic heterocycles. The highest BCUT2D eigenvalue weighted by molar-refractivity contribution is 5.89. The highest BCUT2D eigenvalue weighted by Gasteiger charge is 2.47. The first-order valence-electron chi connectivity index (χ1n) is 7.93. The van der Waals surface area contributed by atoms with Crippen LogP contribution in [0.2, 0.25) is 0 Å². The number of carbonyl (C=O) groups is 2. The Labute approximate surface area is 134 Å². The summed E-state index contributed by atoms with van der Waals surface area (Å²) >= 11 is 0. The van der Waals surface area contributed by atoms with E-state index in [0.29, 0.717) is 24.9 Å². The summed E-state index contributed by atoms with van der Waals surface area (Å²) in [5.41, 5.74) is -0.438. The van der Waals surface area contributed by atoms with Gasteiger partial charge >= 0.3 is 5.97 Å². The van der Waals surface area contributed by atoms with Gasteiger partial charge in [0.2, 0.25) is 5.91 Å². The van der Waals surface area contributed by atoms with Crippen molar-refractivity contribution in [3.05, 3.63) is 35.6 Å². The van der Waals surface area contributed by atoms with E-state index in [1.807, 2.05) is 0 Å². The van der Waals surface area contributed by atoms with Crippen molar-refractivity contribution in [1.29, 1.82) is 0 Å². The topological polar surface area (TPSA) is 66.8 Å². The van der Waals surface area contributed by atoms with Gasteiger partial charge in [0.1, 0.15) is 5.82 Å². The third kappa shape index (κ3) is 2.83. The number of benzene rings is 1. The van der Waals surface area contributed by atoms with E-state index in [2.05, 4.69) is 0 Å². The van der Waals surface area contributed by atoms with Crippen molar-refractivity contribution >= 4 is 11.9 Å². The van der Waals surface area contributed by atoms with Crippen molar-refractivity contribution in [2.75, 3.05) is 19.7 Å². The van der Waals surface area contributed by atoms with Crippen LogP contribution in [0, 0.1) is 5.82 Å². The molecular weight excluding hydrogens is 301 g/mol. The second-order valence-corrected chi connectivity index (χ2v) is 6.22. The van der Waals surface area contributed by atoms with Crippen LogP contribution in [0.4, 0.5) is 4.39 Å². The molecule has 5 nitrogen and oxygen atoms in total. The van der Waals surface area contributed by atoms with E-state index in [9.17, 15) is 14.0 Å². The fourth-order valence-electron chi connectivity index (χ4n) is 3.71. The molecule has 2 fully saturated rings. The zero-order valence-corrected chi connectivity index (χ0v) is 12.8. The Hall–Kier alpha value is -1.95. The first-order chi connectivity index (χ1) is 11.0. The van der Waals surface area contributed by atoms with Gasteiger partial charge in [-0.05, 0) is 18.9 Å². The lowest BCUT2D eigenvalue weighted by Crippen LogP contribution is -2.54. The summed E-state index contributed by atoms with van der Waals surface area (Å²) < 4.78 is 19.5. The number of carbonyl (C=O) groups excluding carboxylic acids is 1. The van der Waals surface area contributed by atoms with Crippen LogP contribution in [0.15, 0.2) is 24.3 Å². The molecule has 6 heteroatoms. The van der Waals surface area contributed by atoms with E-state index < -0.39 is 17.5 Å². The standard InChI is InChI=1S/C17H20FNO4/c18-13-6-2-1-5-12(13)17(7-3-4-8-17)16(22)19-9-10-23-14(11-19)15(20)21/h1-2,5-6,14H,3-4,7-11H2,(H,20,21). The number of hydrogen-bond acceptors (Lipinski definition) is 3. The molecule has 1 N–H and O–H groups in total. The monoisotopic (exact) mass is 321 g/mol. The minimum Gasteiger partial charge on any atom is -0.479 e. The number of carboxylic acids is 1. The molecule has 1 atom stereocenters. The molecule has 0 radical (unpaired) electrons. The third-order valence-corrected chi connectivity index (χ3v) is 4.89. The molecule has 3 rings (SSSR count). The Morgan fingerprint density at radius 3 is 2.61 bits per heavy atom. The lowest BCUT2D eigenvalue weighted by Gasteiger charge is -2.38. The number of amides is 1. The van der Waals surface area contributed by atoms with E-state index >= 15 is 0 Å². The first kappa shape index (κ1) is 15.9. The summed E-state index contributed by atoms with van der Waals surface area (Å²) in [6.45, 7) is 0.555. The van der Waals surface area contributed by atoms with Crippen LogP contribution < -0.4 is 0 Å². The van der Waals surface area contributed by atoms with Gasteiger partial charge in [0, 0.05) is 12.1 Å². The van der Waals surface area contributed by atoms with Gasteiger partial charge in [0.25, 0.3) is 0 Å². The van der Waals surface area contributed by atoms with Crippen LogP contribution in [-0.2, 0) is 19.7 Å². The van der Waals surface area contributed by atoms with Gasteiger partial charge in [-0.2, -0.15) is 0 Å². The van der Waals surface area contributed by atoms with Crippen molar-refractivity contribution in [2.24, 2.45) is 0 Å². The third-order valence-electron chi connectivity index (χ3n) is 4.89. The van der Waals surface area contributed by atoms with Crippen LogP contribution in [0.1, 0.15) is 31.2 Å². The Kier molecular flexibility index (Phi) is 4.35. The maximum Gasteiger partial charge on any atom is 0.334 e. The largest absolute Gasteiger partial charge is 0.479 e. The normalized spacial score (nSPS) is 23.7. The number of halogens is 1. The van der Waals surface area contributed by atoms with E-state index in [-0.39, 0.29) is 24.9 Å². The van der Waals surface area contributed by atoms with Crippen molar-refractivity contribution in [2.45, 2.75) is 37.2 Å². The maximum absolute atomic E-state index is 14.3. The summed E-state index contributed by atoms with van der Waals surface area (Å²) in [5, 5.41) is 9.11. The summed E-state index contributed by atoms with van der Waals surface area (Å²) in [7, 11) is 0. The Balaban J connectivity index is 1.91. The number of ether oxygens (including phenoxy) is 1. The van der Waals surface area contributed by atoms with Crippen molar-refractivity contribution in [1.82, 2.24) is 4.90 Å². The van der Waals surface area contributed by atoms with Crippen molar-refractivity contribution < 1.29 is 23.8 Å². The summed E-state index contributed by atoms with van der Waals surface area (Å²) in [4.78, 5) is 25.8. The number of hydrogen-bond donors (Lipinski definition) is 1. The van der Waals surface area contributed by atoms with Crippen LogP contribution in [0.5, 0.6) is 0 Å². The summed E-state index contributed by atoms with van der Waals surface area (Å²) in [6, 6.07) is 6.40. The van der Waals surface area contributed by atoms with Crippen molar-refractivity contribution in [3.63, 3.8) is 0 Å². The van der Waals surface area contributed by atoms with Crippen LogP contribution >= 0.6 is 0 Å². The van der Waals surface area contributed by atoms with Crippen molar-refractivity contribution in [3.8, 4) is 0 Å². The quantitative estimate of drug-likeness (QED) is 0.924. The summed E-state index contributed by atoms with van der Waals surface area (Å²) in [5.74, 6) is -1.62. The fraction of sp³-hybridized carbons (Fsp3) is 0.529. The lowest BCUT2D eigenvalue weighted by atomic mass is 9.77. The average Bonchev–Trinajstić information content (AvgIpc) is 3.05. The van der Waals surface area contributed by atoms with Crippen LogP contribution in [0.3, 0.4) is 0 Å². The van der Waals surface area contributed by atoms with Gasteiger partial charge in [0.15, 0.2) is 6.10 Å². The molecule has 0 bridgehead atoms. The minimum absolute atomic E-state index is 0.0182. The van der Waals surface area contributed by atoms with E-state index in [0.717, 1.165) is 12.8 Å². The van der Waals surface area contributed by atoms with E-state index in [4.69, 9.17) is 9.84 Å². The predicted octanol–water partition coefficient (Wildman–Crippen LogP) is 1.95. The van der Waals surface area contributed by atoms with Gasteiger partial charge < -0.3 is 14.7 Å². The molecule has 1 aliphatic carbocycles. The fourth-order valence-corrected chi connectivity index (χ4v) is 3.71. The molecule has 1 saturated heterocycles. The zero-order chi connectivity index (χ0) is 16.4. The number of aliphatic carboxylic acids is 1. The Morgan fingerprint density at radius 2 is 1.96 bits per heavy atom. The minimum atomic E-state index is -1.08. The van der Waals surface area contributed by atoms with Gasteiger partial charge in [-0.15, -0.1) is 0 Å². The number of morpholine rings is 1. The zero-order valence-electron chi connectivity index (χ0n) is 12.8. The molecule has 1 aromatic carbocycles. The smallest absolute Gasteiger partial charge is 0.334 e. The van der Waals surface area contributed by atoms with Gasteiger partial charge in [0.05, 0.1) is 18.6 Å². The molecular formula is C17H20FNO4. The van der Waals surface area contributed by atoms with Crippen LogP contribution in [-0.4, -0.2) is 47.7 Å². The molecule has 0 spiro atoms. The first-order valence-corrected chi connectivity index (χ1v) is 7.93. The van der Waals surface area contributed by atoms with E-state index in [1.54, 1.807) is 18.2 Å². The Bertz CT molecular complexity index is 612. The van der Waals surface area contributed by atoms with Gasteiger partial charge in [-0.1, -0.05) is 31.0 Å². The Morgan fingerprint density at radius 1 is 1.26 bits per heavy atom. The van der Waals surface area contributed by atoms with Crippen LogP contribution in [0.25, 0.3) is 0 Å². The molecule has 2 aliphatic rings. The number of carboxylic acid groups (broad SMARTS) is 1. The number of rotatable bonds is 3. The molecule has 23 heavy (non-hydrogen) atoms. The molecule has 124 valence electrons. The maximum atomic E-state index is 14.3. The molecule has 1 saturated carbocycles. The molecule has 1 amide bonds. The number of nitrogens with zero attached hydrogens (tertiary/aromatic N) is 1. The lowest BCUT2D eigenvalue weighted by molar-refractivity contribution is -0.161. The molecule has 1 heterocycles. The highest BCUT2D eigenvalue weighted by Crippen LogP contribution is 2.43. The predicted molar refractivity (Wildman–Crippen MR) is 80.5 cm³/mol. The van der Waals surface area contributed by atoms with Gasteiger partial charge in [-0.25, -0.2) is 9.18 Å². The second-order valence-electron chi connectivity index (χ2n) is 6.22. The highest BCUT2D eigenvalue weighted by atomic mass is 19.1. The van der Waals surface area contributed by atoms with E-state index in [1.165, 1.54) is 11.0 Å². The molecule has 1 unspecified atom stereocenters. The average molecular weight is 321 g/mol. The molecule has 1 aromatic rings. The molecule has 1 aliphatic heterocycles. The van der Waals surface area contributed by atoms with Gasteiger partial charge in [-0.3, -0.25) is 4.79 Å². The second kappa shape index (κ2) is 6.28. The summed E-state index contributed by atoms with van der Waals surface area (Å²) in [6.07, 6.45) is 1.93.